The predicted octanol–water partition coefficient (Wildman–Crippen LogP) is 6.40. The molecule has 4 nitrogen and oxygen atoms in total. The maximum absolute atomic E-state index is 13.3. The van der Waals surface area contributed by atoms with Gasteiger partial charge in [-0.25, -0.2) is 4.98 Å². The Hall–Kier alpha value is -2.66. The number of ether oxygens (including phenoxy) is 1. The monoisotopic (exact) mass is 436 g/mol. The first-order chi connectivity index (χ1) is 14.8. The Bertz CT molecular complexity index is 1060. The van der Waals surface area contributed by atoms with Crippen molar-refractivity contribution in [2.45, 2.75) is 67.2 Å². The number of aromatic nitrogens is 1. The third-order valence-electron chi connectivity index (χ3n) is 5.81. The third kappa shape index (κ3) is 5.53. The van der Waals surface area contributed by atoms with Crippen LogP contribution in [0, 0.1) is 27.7 Å². The number of carbonyl (C=O) groups excluding carboxylic acids is 1. The van der Waals surface area contributed by atoms with E-state index in [0.29, 0.717) is 13.2 Å². The van der Waals surface area contributed by atoms with E-state index in [0.717, 1.165) is 39.6 Å². The highest BCUT2D eigenvalue weighted by Gasteiger charge is 2.23. The van der Waals surface area contributed by atoms with Crippen LogP contribution in [0.5, 0.6) is 5.75 Å². The summed E-state index contributed by atoms with van der Waals surface area (Å²) in [5.74, 6) is 0.967. The molecule has 1 heterocycles. The van der Waals surface area contributed by atoms with Gasteiger partial charge in [-0.15, -0.1) is 11.3 Å². The van der Waals surface area contributed by atoms with Gasteiger partial charge >= 0.3 is 0 Å². The molecule has 0 aliphatic carbocycles. The van der Waals surface area contributed by atoms with Gasteiger partial charge in [-0.1, -0.05) is 31.2 Å². The summed E-state index contributed by atoms with van der Waals surface area (Å²) in [6.07, 6.45) is 0.893. The molecule has 0 saturated heterocycles. The van der Waals surface area contributed by atoms with Gasteiger partial charge < -0.3 is 9.64 Å². The van der Waals surface area contributed by atoms with Crippen LogP contribution >= 0.6 is 11.3 Å². The van der Waals surface area contributed by atoms with Crippen molar-refractivity contribution in [2.75, 3.05) is 0 Å². The number of nitrogens with zero attached hydrogens (tertiary/aromatic N) is 2. The van der Waals surface area contributed by atoms with Gasteiger partial charge in [0, 0.05) is 17.0 Å². The fourth-order valence-corrected chi connectivity index (χ4v) is 4.26. The molecule has 31 heavy (non-hydrogen) atoms. The quantitative estimate of drug-likeness (QED) is 0.410. The molecule has 0 saturated carbocycles. The average Bonchev–Trinajstić information content (AvgIpc) is 3.20. The largest absolute Gasteiger partial charge is 0.486 e. The zero-order chi connectivity index (χ0) is 22.5. The third-order valence-corrected chi connectivity index (χ3v) is 6.68. The number of carbonyl (C=O) groups is 1. The lowest BCUT2D eigenvalue weighted by Crippen LogP contribution is -2.38. The normalized spacial score (nSPS) is 11.9. The summed E-state index contributed by atoms with van der Waals surface area (Å²) >= 11 is 1.58. The summed E-state index contributed by atoms with van der Waals surface area (Å²) in [7, 11) is 0. The minimum absolute atomic E-state index is 0.0594. The van der Waals surface area contributed by atoms with Crippen molar-refractivity contribution in [3.63, 3.8) is 0 Å². The molecular weight excluding hydrogens is 404 g/mol. The van der Waals surface area contributed by atoms with E-state index in [9.17, 15) is 4.79 Å². The summed E-state index contributed by atoms with van der Waals surface area (Å²) in [6.45, 7) is 13.4. The van der Waals surface area contributed by atoms with Crippen LogP contribution in [-0.2, 0) is 13.2 Å². The van der Waals surface area contributed by atoms with Gasteiger partial charge in [0.2, 0.25) is 0 Å². The Labute approximate surface area is 189 Å². The Morgan fingerprint density at radius 1 is 1.13 bits per heavy atom. The number of aryl methyl sites for hydroxylation is 3. The summed E-state index contributed by atoms with van der Waals surface area (Å²) in [5.41, 5.74) is 6.24. The van der Waals surface area contributed by atoms with E-state index in [4.69, 9.17) is 9.72 Å². The van der Waals surface area contributed by atoms with E-state index in [-0.39, 0.29) is 11.9 Å². The second-order valence-corrected chi connectivity index (χ2v) is 9.17. The number of amides is 1. The standard InChI is InChI=1S/C26H32N2O2S/c1-7-20(5)28(26(29)23-11-9-8-10-18(23)3)14-22-16-31-25(27-22)15-30-24-13-17(2)12-19(4)21(24)6/h8-13,16,20H,7,14-15H2,1-6H3. The zero-order valence-electron chi connectivity index (χ0n) is 19.4. The number of rotatable bonds is 8. The molecule has 2 aromatic carbocycles. The minimum atomic E-state index is 0.0594. The molecule has 1 atom stereocenters. The Balaban J connectivity index is 1.73. The predicted molar refractivity (Wildman–Crippen MR) is 128 cm³/mol. The van der Waals surface area contributed by atoms with Crippen LogP contribution in [-0.4, -0.2) is 21.8 Å². The van der Waals surface area contributed by atoms with Crippen LogP contribution in [0.2, 0.25) is 0 Å². The van der Waals surface area contributed by atoms with Gasteiger partial charge in [0.1, 0.15) is 17.4 Å². The highest BCUT2D eigenvalue weighted by atomic mass is 32.1. The van der Waals surface area contributed by atoms with Crippen molar-refractivity contribution in [3.05, 3.63) is 80.3 Å². The summed E-state index contributed by atoms with van der Waals surface area (Å²) in [4.78, 5) is 19.9. The first kappa shape index (κ1) is 23.0. The molecule has 3 aromatic rings. The van der Waals surface area contributed by atoms with Gasteiger partial charge in [0.15, 0.2) is 0 Å². The minimum Gasteiger partial charge on any atom is -0.486 e. The van der Waals surface area contributed by atoms with Gasteiger partial charge in [-0.05, 0) is 75.4 Å². The van der Waals surface area contributed by atoms with Crippen LogP contribution < -0.4 is 4.74 Å². The van der Waals surface area contributed by atoms with Crippen LogP contribution in [0.4, 0.5) is 0 Å². The summed E-state index contributed by atoms with van der Waals surface area (Å²) in [6, 6.07) is 12.1. The van der Waals surface area contributed by atoms with Crippen molar-refractivity contribution < 1.29 is 9.53 Å². The first-order valence-corrected chi connectivity index (χ1v) is 11.7. The lowest BCUT2D eigenvalue weighted by molar-refractivity contribution is 0.0668. The zero-order valence-corrected chi connectivity index (χ0v) is 20.2. The van der Waals surface area contributed by atoms with E-state index < -0.39 is 0 Å². The summed E-state index contributed by atoms with van der Waals surface area (Å²) in [5, 5.41) is 2.95. The van der Waals surface area contributed by atoms with Crippen molar-refractivity contribution in [1.82, 2.24) is 9.88 Å². The van der Waals surface area contributed by atoms with Crippen molar-refractivity contribution in [3.8, 4) is 5.75 Å². The van der Waals surface area contributed by atoms with E-state index >= 15 is 0 Å². The Kier molecular flexibility index (Phi) is 7.50. The number of thiazole rings is 1. The molecule has 164 valence electrons. The molecule has 0 aliphatic heterocycles. The van der Waals surface area contributed by atoms with E-state index in [1.54, 1.807) is 11.3 Å². The van der Waals surface area contributed by atoms with Gasteiger partial charge in [0.25, 0.3) is 5.91 Å². The number of benzene rings is 2. The molecule has 0 N–H and O–H groups in total. The fraction of sp³-hybridized carbons (Fsp3) is 0.385. The molecule has 0 fully saturated rings. The fourth-order valence-electron chi connectivity index (χ4n) is 3.57. The second-order valence-electron chi connectivity index (χ2n) is 8.23. The van der Waals surface area contributed by atoms with Crippen LogP contribution in [0.25, 0.3) is 0 Å². The molecule has 0 bridgehead atoms. The van der Waals surface area contributed by atoms with Crippen LogP contribution in [0.3, 0.4) is 0 Å². The first-order valence-electron chi connectivity index (χ1n) is 10.8. The second kappa shape index (κ2) is 10.1. The van der Waals surface area contributed by atoms with Crippen LogP contribution in [0.15, 0.2) is 41.8 Å². The summed E-state index contributed by atoms with van der Waals surface area (Å²) < 4.78 is 6.07. The average molecular weight is 437 g/mol. The van der Waals surface area contributed by atoms with Crippen molar-refractivity contribution in [1.29, 1.82) is 0 Å². The lowest BCUT2D eigenvalue weighted by atomic mass is 10.1. The molecule has 0 aliphatic rings. The highest BCUT2D eigenvalue weighted by molar-refractivity contribution is 7.09. The molecule has 5 heteroatoms. The number of hydrogen-bond acceptors (Lipinski definition) is 4. The Morgan fingerprint density at radius 2 is 1.87 bits per heavy atom. The topological polar surface area (TPSA) is 42.4 Å². The molecule has 0 radical (unpaired) electrons. The van der Waals surface area contributed by atoms with Gasteiger partial charge in [-0.3, -0.25) is 4.79 Å². The Morgan fingerprint density at radius 3 is 2.58 bits per heavy atom. The molecule has 1 aromatic heterocycles. The molecule has 0 spiro atoms. The van der Waals surface area contributed by atoms with Crippen molar-refractivity contribution >= 4 is 17.2 Å². The molecule has 1 unspecified atom stereocenters. The molecule has 3 rings (SSSR count). The highest BCUT2D eigenvalue weighted by Crippen LogP contribution is 2.25. The van der Waals surface area contributed by atoms with E-state index in [1.807, 2.05) is 41.5 Å². The van der Waals surface area contributed by atoms with Gasteiger partial charge in [-0.2, -0.15) is 0 Å². The number of hydrogen-bond donors (Lipinski definition) is 0. The molecular formula is C26H32N2O2S. The van der Waals surface area contributed by atoms with E-state index in [2.05, 4.69) is 46.8 Å². The lowest BCUT2D eigenvalue weighted by Gasteiger charge is -2.28. The maximum atomic E-state index is 13.3. The molecule has 1 amide bonds. The smallest absolute Gasteiger partial charge is 0.254 e. The van der Waals surface area contributed by atoms with Crippen molar-refractivity contribution in [2.24, 2.45) is 0 Å². The van der Waals surface area contributed by atoms with Gasteiger partial charge in [0.05, 0.1) is 12.2 Å². The van der Waals surface area contributed by atoms with E-state index in [1.165, 1.54) is 11.1 Å². The maximum Gasteiger partial charge on any atom is 0.254 e. The SMILES string of the molecule is CCC(C)N(Cc1csc(COc2cc(C)cc(C)c2C)n1)C(=O)c1ccccc1C. The van der Waals surface area contributed by atoms with Crippen LogP contribution in [0.1, 0.15) is 63.6 Å².